The van der Waals surface area contributed by atoms with E-state index in [2.05, 4.69) is 30.4 Å². The normalized spacial score (nSPS) is 11.1. The first-order valence-electron chi connectivity index (χ1n) is 10.1. The standard InChI is InChI=1S/C22H20ClN7O2S2/c1-15-13-20(28-30(15)14-16-3-5-17(23)6-4-16)27-22(33)26-18-7-9-19(10-8-18)34(31,32)29-21-24-11-2-12-25-21/h2-13H,14H2,1H3,(H,24,25,29)(H2,26,27,28,33). The Labute approximate surface area is 207 Å². The van der Waals surface area contributed by atoms with Crippen LogP contribution in [0, 0.1) is 6.92 Å². The fraction of sp³-hybridized carbons (Fsp3) is 0.0909. The molecule has 2 aromatic heterocycles. The van der Waals surface area contributed by atoms with Gasteiger partial charge in [0.05, 0.1) is 11.4 Å². The monoisotopic (exact) mass is 513 g/mol. The van der Waals surface area contributed by atoms with Crippen LogP contribution in [0.5, 0.6) is 0 Å². The van der Waals surface area contributed by atoms with Crippen molar-refractivity contribution in [3.63, 3.8) is 0 Å². The number of anilines is 3. The van der Waals surface area contributed by atoms with Gasteiger partial charge in [-0.15, -0.1) is 0 Å². The number of hydrogen-bond donors (Lipinski definition) is 3. The van der Waals surface area contributed by atoms with Gasteiger partial charge in [0.15, 0.2) is 10.9 Å². The Morgan fingerprint density at radius 1 is 1.03 bits per heavy atom. The van der Waals surface area contributed by atoms with Gasteiger partial charge in [-0.3, -0.25) is 4.68 Å². The number of benzene rings is 2. The zero-order valence-corrected chi connectivity index (χ0v) is 20.3. The molecule has 0 fully saturated rings. The van der Waals surface area contributed by atoms with E-state index in [1.54, 1.807) is 18.2 Å². The Kier molecular flexibility index (Phi) is 7.06. The van der Waals surface area contributed by atoms with Crippen LogP contribution in [-0.2, 0) is 16.6 Å². The molecule has 0 aliphatic carbocycles. The maximum absolute atomic E-state index is 12.5. The molecule has 0 spiro atoms. The number of hydrogen-bond acceptors (Lipinski definition) is 6. The highest BCUT2D eigenvalue weighted by atomic mass is 35.5. The molecule has 9 nitrogen and oxygen atoms in total. The highest BCUT2D eigenvalue weighted by Crippen LogP contribution is 2.18. The van der Waals surface area contributed by atoms with Crippen molar-refractivity contribution in [3.05, 3.63) is 89.3 Å². The first kappa shape index (κ1) is 23.6. The van der Waals surface area contributed by atoms with Crippen molar-refractivity contribution in [2.75, 3.05) is 15.4 Å². The van der Waals surface area contributed by atoms with E-state index in [0.29, 0.717) is 28.2 Å². The summed E-state index contributed by atoms with van der Waals surface area (Å²) in [6, 6.07) is 17.2. The van der Waals surface area contributed by atoms with Gasteiger partial charge in [-0.2, -0.15) is 5.10 Å². The van der Waals surface area contributed by atoms with Crippen LogP contribution in [0.2, 0.25) is 5.02 Å². The van der Waals surface area contributed by atoms with Crippen molar-refractivity contribution < 1.29 is 8.42 Å². The molecule has 0 aliphatic heterocycles. The molecule has 3 N–H and O–H groups in total. The van der Waals surface area contributed by atoms with Crippen molar-refractivity contribution in [1.82, 2.24) is 19.7 Å². The van der Waals surface area contributed by atoms with Crippen LogP contribution in [0.15, 0.2) is 78.0 Å². The number of thiocarbonyl (C=S) groups is 1. The summed E-state index contributed by atoms with van der Waals surface area (Å²) in [5.41, 5.74) is 2.65. The van der Waals surface area contributed by atoms with E-state index in [-0.39, 0.29) is 10.8 Å². The summed E-state index contributed by atoms with van der Waals surface area (Å²) in [6.45, 7) is 2.56. The molecule has 2 aromatic carbocycles. The molecule has 0 unspecified atom stereocenters. The summed E-state index contributed by atoms with van der Waals surface area (Å²) in [6.07, 6.45) is 2.90. The maximum Gasteiger partial charge on any atom is 0.264 e. The average molecular weight is 514 g/mol. The van der Waals surface area contributed by atoms with Gasteiger partial charge in [-0.05, 0) is 67.2 Å². The van der Waals surface area contributed by atoms with Crippen LogP contribution in [0.4, 0.5) is 17.5 Å². The van der Waals surface area contributed by atoms with Crippen LogP contribution in [0.3, 0.4) is 0 Å². The van der Waals surface area contributed by atoms with Crippen LogP contribution < -0.4 is 15.4 Å². The number of halogens is 1. The van der Waals surface area contributed by atoms with E-state index in [0.717, 1.165) is 11.3 Å². The van der Waals surface area contributed by atoms with E-state index in [1.807, 2.05) is 41.9 Å². The smallest absolute Gasteiger partial charge is 0.264 e. The quantitative estimate of drug-likeness (QED) is 0.313. The van der Waals surface area contributed by atoms with Gasteiger partial charge >= 0.3 is 0 Å². The topological polar surface area (TPSA) is 114 Å². The zero-order valence-electron chi connectivity index (χ0n) is 17.9. The molecule has 0 saturated heterocycles. The summed E-state index contributed by atoms with van der Waals surface area (Å²) in [5, 5.41) is 11.6. The van der Waals surface area contributed by atoms with Gasteiger partial charge in [-0.1, -0.05) is 23.7 Å². The summed E-state index contributed by atoms with van der Waals surface area (Å²) in [7, 11) is -3.81. The molecule has 0 aliphatic rings. The number of aryl methyl sites for hydroxylation is 1. The lowest BCUT2D eigenvalue weighted by Gasteiger charge is -2.10. The van der Waals surface area contributed by atoms with Gasteiger partial charge in [0.2, 0.25) is 5.95 Å². The fourth-order valence-electron chi connectivity index (χ4n) is 3.02. The second-order valence-electron chi connectivity index (χ2n) is 7.24. The van der Waals surface area contributed by atoms with Crippen molar-refractivity contribution in [2.45, 2.75) is 18.4 Å². The molecule has 4 rings (SSSR count). The van der Waals surface area contributed by atoms with E-state index in [4.69, 9.17) is 23.8 Å². The summed E-state index contributed by atoms with van der Waals surface area (Å²) >= 11 is 11.3. The number of aromatic nitrogens is 4. The number of nitrogens with zero attached hydrogens (tertiary/aromatic N) is 4. The predicted octanol–water partition coefficient (Wildman–Crippen LogP) is 4.29. The largest absolute Gasteiger partial charge is 0.332 e. The Morgan fingerprint density at radius 2 is 1.71 bits per heavy atom. The lowest BCUT2D eigenvalue weighted by Crippen LogP contribution is -2.20. The third-order valence-corrected chi connectivity index (χ3v) is 6.48. The van der Waals surface area contributed by atoms with Gasteiger partial charge in [0.25, 0.3) is 10.0 Å². The van der Waals surface area contributed by atoms with E-state index < -0.39 is 10.0 Å². The first-order chi connectivity index (χ1) is 16.3. The van der Waals surface area contributed by atoms with Crippen molar-refractivity contribution in [1.29, 1.82) is 0 Å². The summed E-state index contributed by atoms with van der Waals surface area (Å²) in [5.74, 6) is 0.594. The molecule has 2 heterocycles. The Hall–Kier alpha value is -3.54. The number of rotatable bonds is 7. The maximum atomic E-state index is 12.5. The highest BCUT2D eigenvalue weighted by Gasteiger charge is 2.15. The van der Waals surface area contributed by atoms with Crippen molar-refractivity contribution in [3.8, 4) is 0 Å². The van der Waals surface area contributed by atoms with Crippen LogP contribution in [-0.4, -0.2) is 33.3 Å². The molecule has 12 heteroatoms. The van der Waals surface area contributed by atoms with Crippen LogP contribution in [0.1, 0.15) is 11.3 Å². The zero-order chi connectivity index (χ0) is 24.1. The van der Waals surface area contributed by atoms with Gasteiger partial charge in [-0.25, -0.2) is 23.1 Å². The molecular weight excluding hydrogens is 494 g/mol. The van der Waals surface area contributed by atoms with Crippen molar-refractivity contribution >= 4 is 56.4 Å². The molecule has 34 heavy (non-hydrogen) atoms. The van der Waals surface area contributed by atoms with Gasteiger partial charge < -0.3 is 10.6 Å². The molecule has 0 radical (unpaired) electrons. The lowest BCUT2D eigenvalue weighted by atomic mass is 10.2. The predicted molar refractivity (Wildman–Crippen MR) is 137 cm³/mol. The van der Waals surface area contributed by atoms with Crippen LogP contribution >= 0.6 is 23.8 Å². The molecular formula is C22H20ClN7O2S2. The van der Waals surface area contributed by atoms with Gasteiger partial charge in [0, 0.05) is 34.9 Å². The molecule has 174 valence electrons. The molecule has 0 atom stereocenters. The third-order valence-electron chi connectivity index (χ3n) is 4.68. The second kappa shape index (κ2) is 10.2. The highest BCUT2D eigenvalue weighted by molar-refractivity contribution is 7.92. The average Bonchev–Trinajstić information content (AvgIpc) is 3.14. The van der Waals surface area contributed by atoms with E-state index >= 15 is 0 Å². The Bertz CT molecular complexity index is 1390. The van der Waals surface area contributed by atoms with Crippen molar-refractivity contribution in [2.24, 2.45) is 0 Å². The minimum Gasteiger partial charge on any atom is -0.332 e. The first-order valence-corrected chi connectivity index (χ1v) is 12.3. The van der Waals surface area contributed by atoms with E-state index in [1.165, 1.54) is 24.5 Å². The minimum atomic E-state index is -3.81. The van der Waals surface area contributed by atoms with Gasteiger partial charge in [0.1, 0.15) is 0 Å². The third kappa shape index (κ3) is 6.07. The lowest BCUT2D eigenvalue weighted by molar-refractivity contribution is 0.601. The molecule has 0 bridgehead atoms. The number of sulfonamides is 1. The SMILES string of the molecule is Cc1cc(NC(=S)Nc2ccc(S(=O)(=O)Nc3ncccn3)cc2)nn1Cc1ccc(Cl)cc1. The second-order valence-corrected chi connectivity index (χ2v) is 9.76. The molecule has 0 saturated carbocycles. The van der Waals surface area contributed by atoms with Crippen LogP contribution in [0.25, 0.3) is 0 Å². The summed E-state index contributed by atoms with van der Waals surface area (Å²) < 4.78 is 29.2. The molecule has 4 aromatic rings. The van der Waals surface area contributed by atoms with E-state index in [9.17, 15) is 8.42 Å². The summed E-state index contributed by atoms with van der Waals surface area (Å²) in [4.78, 5) is 7.81. The fourth-order valence-corrected chi connectivity index (χ4v) is 4.33. The Balaban J connectivity index is 1.36. The Morgan fingerprint density at radius 3 is 2.38 bits per heavy atom. The minimum absolute atomic E-state index is 0.000807. The number of nitrogens with one attached hydrogen (secondary N) is 3. The molecule has 0 amide bonds.